The maximum Gasteiger partial charge on any atom is 0.407 e. The summed E-state index contributed by atoms with van der Waals surface area (Å²) in [6.45, 7) is 10.1. The summed E-state index contributed by atoms with van der Waals surface area (Å²) in [4.78, 5) is 54.8. The molecule has 0 aliphatic heterocycles. The number of amides is 2. The van der Waals surface area contributed by atoms with Gasteiger partial charge in [-0.15, -0.1) is 0 Å². The minimum absolute atomic E-state index is 0.0236. The largest absolute Gasteiger partial charge is 0.511 e. The average molecular weight is 680 g/mol. The lowest BCUT2D eigenvalue weighted by atomic mass is 9.72. The first kappa shape index (κ1) is 36.0. The summed E-state index contributed by atoms with van der Waals surface area (Å²) in [7, 11) is 0. The lowest BCUT2D eigenvalue weighted by Crippen LogP contribution is -2.34. The van der Waals surface area contributed by atoms with Gasteiger partial charge >= 0.3 is 12.1 Å². The number of fused-ring (bicyclic) bond motifs is 3. The minimum atomic E-state index is -0.601. The van der Waals surface area contributed by atoms with Crippen LogP contribution in [0.3, 0.4) is 0 Å². The van der Waals surface area contributed by atoms with Gasteiger partial charge in [0.1, 0.15) is 18.1 Å². The Labute approximate surface area is 293 Å². The van der Waals surface area contributed by atoms with Crippen molar-refractivity contribution in [3.8, 4) is 16.9 Å². The van der Waals surface area contributed by atoms with Crippen molar-refractivity contribution in [1.29, 1.82) is 0 Å². The second-order valence-electron chi connectivity index (χ2n) is 14.5. The molecule has 0 unspecified atom stereocenters. The summed E-state index contributed by atoms with van der Waals surface area (Å²) in [5.41, 5.74) is 5.03. The van der Waals surface area contributed by atoms with Crippen LogP contribution in [0.15, 0.2) is 89.1 Å². The van der Waals surface area contributed by atoms with E-state index in [1.807, 2.05) is 71.0 Å². The van der Waals surface area contributed by atoms with Gasteiger partial charge in [0.25, 0.3) is 0 Å². The van der Waals surface area contributed by atoms with Crippen molar-refractivity contribution in [3.63, 3.8) is 0 Å². The Bertz CT molecular complexity index is 1790. The van der Waals surface area contributed by atoms with Crippen LogP contribution in [0, 0.1) is 10.8 Å². The number of Topliss-reactive ketones (excluding diaryl/α,β-unsaturated/α-hetero) is 1. The second kappa shape index (κ2) is 15.1. The predicted molar refractivity (Wildman–Crippen MR) is 192 cm³/mol. The molecule has 0 aromatic heterocycles. The quantitative estimate of drug-likeness (QED) is 0.109. The number of aliphatic hydroxyl groups excluding tert-OH is 1. The molecular weight excluding hydrogens is 634 g/mol. The summed E-state index contributed by atoms with van der Waals surface area (Å²) in [6.07, 6.45) is 0.101. The lowest BCUT2D eigenvalue weighted by molar-refractivity contribution is -0.134. The van der Waals surface area contributed by atoms with Crippen molar-refractivity contribution in [3.05, 3.63) is 95.3 Å². The molecular formula is C40H45N3O7. The van der Waals surface area contributed by atoms with E-state index in [1.54, 1.807) is 24.3 Å². The molecule has 10 nitrogen and oxygen atoms in total. The number of esters is 1. The van der Waals surface area contributed by atoms with Gasteiger partial charge < -0.3 is 25.2 Å². The van der Waals surface area contributed by atoms with E-state index in [0.717, 1.165) is 22.3 Å². The highest BCUT2D eigenvalue weighted by Crippen LogP contribution is 2.44. The number of aliphatic imine (C=N–C) groups is 1. The predicted octanol–water partition coefficient (Wildman–Crippen LogP) is 7.35. The van der Waals surface area contributed by atoms with Crippen molar-refractivity contribution < 1.29 is 33.8 Å². The molecule has 5 rings (SSSR count). The molecule has 0 saturated carbocycles. The van der Waals surface area contributed by atoms with E-state index in [-0.39, 0.29) is 66.9 Å². The number of ketones is 1. The highest BCUT2D eigenvalue weighted by atomic mass is 16.5. The first-order valence-electron chi connectivity index (χ1n) is 16.9. The second-order valence-corrected chi connectivity index (χ2v) is 14.5. The summed E-state index contributed by atoms with van der Waals surface area (Å²) in [6, 6.07) is 22.7. The van der Waals surface area contributed by atoms with Crippen molar-refractivity contribution in [2.45, 2.75) is 66.2 Å². The maximum absolute atomic E-state index is 13.0. The molecule has 2 aliphatic rings. The molecule has 0 saturated heterocycles. The third-order valence-electron chi connectivity index (χ3n) is 8.73. The lowest BCUT2D eigenvalue weighted by Gasteiger charge is -2.33. The molecule has 0 spiro atoms. The van der Waals surface area contributed by atoms with Gasteiger partial charge in [0, 0.05) is 43.7 Å². The molecule has 3 N–H and O–H groups in total. The van der Waals surface area contributed by atoms with Crippen LogP contribution in [0.4, 0.5) is 10.5 Å². The van der Waals surface area contributed by atoms with Gasteiger partial charge in [0.05, 0.1) is 23.4 Å². The molecule has 3 aromatic rings. The van der Waals surface area contributed by atoms with Crippen molar-refractivity contribution >= 4 is 35.2 Å². The van der Waals surface area contributed by atoms with Gasteiger partial charge in [-0.1, -0.05) is 83.1 Å². The van der Waals surface area contributed by atoms with Crippen LogP contribution >= 0.6 is 0 Å². The van der Waals surface area contributed by atoms with Gasteiger partial charge in [-0.3, -0.25) is 19.4 Å². The number of aliphatic hydroxyl groups is 1. The number of alkyl carbamates (subject to hydrolysis) is 1. The van der Waals surface area contributed by atoms with E-state index in [2.05, 4.69) is 22.8 Å². The van der Waals surface area contributed by atoms with Gasteiger partial charge in [0.15, 0.2) is 5.78 Å². The molecule has 262 valence electrons. The SMILES string of the molecule is CC1(C)CC(=O)C(C(=Nc2ccc(OC(=O)CCNC(=O)CCNC(=O)OCC3c4ccccc4-c4ccccc43)cc2)C(C)(C)C)=C(O)C1. The van der Waals surface area contributed by atoms with E-state index >= 15 is 0 Å². The molecule has 2 amide bonds. The number of rotatable bonds is 11. The fraction of sp³-hybridized carbons (Fsp3) is 0.375. The third-order valence-corrected chi connectivity index (χ3v) is 8.73. The summed E-state index contributed by atoms with van der Waals surface area (Å²) in [5.74, 6) is -0.666. The molecule has 0 fully saturated rings. The number of hydrogen-bond donors (Lipinski definition) is 3. The molecule has 0 atom stereocenters. The Morgan fingerprint density at radius 1 is 0.860 bits per heavy atom. The highest BCUT2D eigenvalue weighted by Gasteiger charge is 2.38. The van der Waals surface area contributed by atoms with E-state index in [0.29, 0.717) is 30.0 Å². The normalized spacial score (nSPS) is 15.6. The van der Waals surface area contributed by atoms with Crippen LogP contribution in [-0.4, -0.2) is 54.3 Å². The third kappa shape index (κ3) is 8.85. The Balaban J connectivity index is 1.03. The fourth-order valence-corrected chi connectivity index (χ4v) is 6.38. The Morgan fingerprint density at radius 2 is 1.46 bits per heavy atom. The van der Waals surface area contributed by atoms with Crippen molar-refractivity contribution in [2.75, 3.05) is 19.7 Å². The Kier molecular flexibility index (Phi) is 10.9. The summed E-state index contributed by atoms with van der Waals surface area (Å²) in [5, 5.41) is 16.0. The molecule has 0 heterocycles. The molecule has 0 radical (unpaired) electrons. The fourth-order valence-electron chi connectivity index (χ4n) is 6.38. The number of benzene rings is 3. The van der Waals surface area contributed by atoms with Crippen LogP contribution in [0.25, 0.3) is 11.1 Å². The molecule has 2 aliphatic carbocycles. The summed E-state index contributed by atoms with van der Waals surface area (Å²) < 4.78 is 10.9. The average Bonchev–Trinajstić information content (AvgIpc) is 3.36. The smallest absolute Gasteiger partial charge is 0.407 e. The summed E-state index contributed by atoms with van der Waals surface area (Å²) >= 11 is 0. The number of carbonyl (C=O) groups is 4. The zero-order chi connectivity index (χ0) is 36.1. The number of nitrogens with zero attached hydrogens (tertiary/aromatic N) is 1. The molecule has 10 heteroatoms. The van der Waals surface area contributed by atoms with E-state index in [4.69, 9.17) is 14.5 Å². The minimum Gasteiger partial charge on any atom is -0.511 e. The topological polar surface area (TPSA) is 143 Å². The zero-order valence-corrected chi connectivity index (χ0v) is 29.3. The maximum atomic E-state index is 13.0. The zero-order valence-electron chi connectivity index (χ0n) is 29.3. The van der Waals surface area contributed by atoms with Crippen LogP contribution < -0.4 is 15.4 Å². The molecule has 3 aromatic carbocycles. The molecule has 50 heavy (non-hydrogen) atoms. The molecule has 0 bridgehead atoms. The number of allylic oxidation sites excluding steroid dienone is 2. The Hall–Kier alpha value is -5.25. The van der Waals surface area contributed by atoms with Crippen LogP contribution in [0.5, 0.6) is 5.75 Å². The first-order valence-corrected chi connectivity index (χ1v) is 16.9. The van der Waals surface area contributed by atoms with E-state index in [9.17, 15) is 24.3 Å². The van der Waals surface area contributed by atoms with Crippen molar-refractivity contribution in [2.24, 2.45) is 15.8 Å². The van der Waals surface area contributed by atoms with Crippen LogP contribution in [0.2, 0.25) is 0 Å². The first-order chi connectivity index (χ1) is 23.7. The number of hydrogen-bond acceptors (Lipinski definition) is 8. The van der Waals surface area contributed by atoms with Gasteiger partial charge in [-0.05, 0) is 51.9 Å². The van der Waals surface area contributed by atoms with Crippen molar-refractivity contribution in [1.82, 2.24) is 10.6 Å². The van der Waals surface area contributed by atoms with E-state index in [1.165, 1.54) is 0 Å². The van der Waals surface area contributed by atoms with Crippen LogP contribution in [0.1, 0.15) is 77.3 Å². The standard InChI is InChI=1S/C40H45N3O7/c1-39(2,3)37(36-32(44)22-40(4,5)23-33(36)45)43-25-14-16-26(17-15-25)50-35(47)19-21-41-34(46)18-20-42-38(48)49-24-31-29-12-8-6-10-27(29)28-11-7-9-13-30(28)31/h6-17,31,44H,18-24H2,1-5H3,(H,41,46)(H,42,48). The number of ether oxygens (including phenoxy) is 2. The highest BCUT2D eigenvalue weighted by molar-refractivity contribution is 6.25. The number of nitrogens with one attached hydrogen (secondary N) is 2. The monoisotopic (exact) mass is 679 g/mol. The van der Waals surface area contributed by atoms with Gasteiger partial charge in [0.2, 0.25) is 5.91 Å². The van der Waals surface area contributed by atoms with Gasteiger partial charge in [-0.2, -0.15) is 0 Å². The van der Waals surface area contributed by atoms with Crippen LogP contribution in [-0.2, 0) is 19.1 Å². The van der Waals surface area contributed by atoms with E-state index < -0.39 is 17.5 Å². The number of carbonyl (C=O) groups excluding carboxylic acids is 4. The van der Waals surface area contributed by atoms with Gasteiger partial charge in [-0.25, -0.2) is 4.79 Å². The Morgan fingerprint density at radius 3 is 2.06 bits per heavy atom.